The third kappa shape index (κ3) is 4.81. The number of amidine groups is 1. The van der Waals surface area contributed by atoms with E-state index in [2.05, 4.69) is 9.71 Å². The Balaban J connectivity index is 2.38. The largest absolute Gasteiger partial charge is 0.265 e. The van der Waals surface area contributed by atoms with Crippen LogP contribution in [-0.4, -0.2) is 20.3 Å². The van der Waals surface area contributed by atoms with E-state index in [9.17, 15) is 8.42 Å². The van der Waals surface area contributed by atoms with Gasteiger partial charge in [0, 0.05) is 16.6 Å². The second-order valence-electron chi connectivity index (χ2n) is 5.50. The normalized spacial score (nSPS) is 12.5. The molecule has 6 heteroatoms. The first-order valence-corrected chi connectivity index (χ1v) is 9.07. The van der Waals surface area contributed by atoms with Gasteiger partial charge in [0.05, 0.1) is 4.90 Å². The Hall–Kier alpha value is -1.85. The summed E-state index contributed by atoms with van der Waals surface area (Å²) in [7, 11) is -3.69. The van der Waals surface area contributed by atoms with Crippen molar-refractivity contribution < 1.29 is 8.42 Å². The minimum absolute atomic E-state index is 0.0543. The Morgan fingerprint density at radius 1 is 1.04 bits per heavy atom. The van der Waals surface area contributed by atoms with E-state index in [1.165, 1.54) is 0 Å². The molecule has 0 atom stereocenters. The van der Waals surface area contributed by atoms with Crippen LogP contribution in [0.5, 0.6) is 0 Å². The van der Waals surface area contributed by atoms with Crippen LogP contribution in [0.2, 0.25) is 5.02 Å². The molecule has 0 aliphatic heterocycles. The molecule has 0 unspecified atom stereocenters. The van der Waals surface area contributed by atoms with Gasteiger partial charge in [-0.15, -0.1) is 0 Å². The molecular weight excluding hydrogens is 332 g/mol. The van der Waals surface area contributed by atoms with Crippen molar-refractivity contribution in [2.45, 2.75) is 31.7 Å². The fraction of sp³-hybridized carbons (Fsp3) is 0.235. The van der Waals surface area contributed by atoms with Gasteiger partial charge in [0.2, 0.25) is 0 Å². The number of hydrogen-bond donors (Lipinski definition) is 1. The molecule has 0 heterocycles. The highest BCUT2D eigenvalue weighted by atomic mass is 35.5. The van der Waals surface area contributed by atoms with E-state index < -0.39 is 10.0 Å². The zero-order valence-corrected chi connectivity index (χ0v) is 14.8. The molecule has 0 saturated carbocycles. The number of benzene rings is 2. The summed E-state index contributed by atoms with van der Waals surface area (Å²) in [6.07, 6.45) is 0. The lowest BCUT2D eigenvalue weighted by Gasteiger charge is -2.13. The smallest absolute Gasteiger partial charge is 0.263 e. The van der Waals surface area contributed by atoms with Gasteiger partial charge in [0.25, 0.3) is 10.0 Å². The van der Waals surface area contributed by atoms with Gasteiger partial charge in [0.15, 0.2) is 0 Å². The summed E-state index contributed by atoms with van der Waals surface area (Å²) in [6, 6.07) is 13.5. The molecule has 0 fully saturated rings. The van der Waals surface area contributed by atoms with Crippen molar-refractivity contribution in [1.82, 2.24) is 4.72 Å². The molecular formula is C17H19ClN2O2S. The molecule has 2 aromatic rings. The van der Waals surface area contributed by atoms with Crippen molar-refractivity contribution in [3.63, 3.8) is 0 Å². The van der Waals surface area contributed by atoms with E-state index in [0.717, 1.165) is 5.56 Å². The highest BCUT2D eigenvalue weighted by Crippen LogP contribution is 2.14. The number of halogens is 1. The summed E-state index contributed by atoms with van der Waals surface area (Å²) in [4.78, 5) is 4.59. The van der Waals surface area contributed by atoms with Crippen LogP contribution in [0.3, 0.4) is 0 Å². The van der Waals surface area contributed by atoms with Gasteiger partial charge in [0.1, 0.15) is 5.84 Å². The maximum Gasteiger partial charge on any atom is 0.263 e. The van der Waals surface area contributed by atoms with Gasteiger partial charge in [-0.05, 0) is 57.2 Å². The molecule has 0 saturated heterocycles. The lowest BCUT2D eigenvalue weighted by Crippen LogP contribution is -2.32. The lowest BCUT2D eigenvalue weighted by molar-refractivity contribution is 0.592. The van der Waals surface area contributed by atoms with Gasteiger partial charge < -0.3 is 0 Å². The standard InChI is InChI=1S/C17H19ClN2O2S/c1-12(2)19-17(14-6-8-15(18)9-7-14)20-23(21,22)16-10-4-13(3)5-11-16/h4-12H,1-3H3,(H,19,20). The predicted molar refractivity (Wildman–Crippen MR) is 94.6 cm³/mol. The van der Waals surface area contributed by atoms with Gasteiger partial charge in [-0.1, -0.05) is 29.3 Å². The molecule has 1 N–H and O–H groups in total. The van der Waals surface area contributed by atoms with Crippen LogP contribution >= 0.6 is 11.6 Å². The molecule has 2 aromatic carbocycles. The van der Waals surface area contributed by atoms with Gasteiger partial charge in [-0.2, -0.15) is 0 Å². The second-order valence-corrected chi connectivity index (χ2v) is 7.62. The van der Waals surface area contributed by atoms with Crippen LogP contribution in [-0.2, 0) is 10.0 Å². The van der Waals surface area contributed by atoms with Crippen LogP contribution in [0.1, 0.15) is 25.0 Å². The number of nitrogens with zero attached hydrogens (tertiary/aromatic N) is 1. The molecule has 0 spiro atoms. The summed E-state index contributed by atoms with van der Waals surface area (Å²) in [5, 5.41) is 0.582. The van der Waals surface area contributed by atoms with E-state index in [0.29, 0.717) is 16.4 Å². The maximum absolute atomic E-state index is 12.6. The molecule has 2 rings (SSSR count). The number of nitrogens with one attached hydrogen (secondary N) is 1. The quantitative estimate of drug-likeness (QED) is 0.673. The Morgan fingerprint density at radius 2 is 1.61 bits per heavy atom. The summed E-state index contributed by atoms with van der Waals surface area (Å²) < 4.78 is 27.7. The Morgan fingerprint density at radius 3 is 2.13 bits per heavy atom. The van der Waals surface area contributed by atoms with Gasteiger partial charge >= 0.3 is 0 Å². The molecule has 0 bridgehead atoms. The first-order valence-electron chi connectivity index (χ1n) is 7.21. The number of sulfonamides is 1. The lowest BCUT2D eigenvalue weighted by atomic mass is 10.2. The highest BCUT2D eigenvalue weighted by Gasteiger charge is 2.17. The molecule has 0 amide bonds. The van der Waals surface area contributed by atoms with Crippen molar-refractivity contribution in [1.29, 1.82) is 0 Å². The van der Waals surface area contributed by atoms with Crippen LogP contribution in [0.4, 0.5) is 0 Å². The van der Waals surface area contributed by atoms with Crippen LogP contribution in [0, 0.1) is 6.92 Å². The van der Waals surface area contributed by atoms with E-state index >= 15 is 0 Å². The van der Waals surface area contributed by atoms with Crippen LogP contribution in [0.25, 0.3) is 0 Å². The van der Waals surface area contributed by atoms with E-state index in [1.807, 2.05) is 20.8 Å². The first kappa shape index (κ1) is 17.5. The Bertz CT molecular complexity index is 795. The molecule has 0 aliphatic rings. The van der Waals surface area contributed by atoms with E-state index in [1.54, 1.807) is 48.5 Å². The molecule has 23 heavy (non-hydrogen) atoms. The third-order valence-corrected chi connectivity index (χ3v) is 4.67. The molecule has 0 aromatic heterocycles. The van der Waals surface area contributed by atoms with E-state index in [4.69, 9.17) is 11.6 Å². The van der Waals surface area contributed by atoms with Crippen molar-refractivity contribution in [3.8, 4) is 0 Å². The van der Waals surface area contributed by atoms with Crippen LogP contribution in [0.15, 0.2) is 58.4 Å². The number of hydrogen-bond acceptors (Lipinski definition) is 3. The average Bonchev–Trinajstić information content (AvgIpc) is 2.47. The number of aliphatic imine (C=N–C) groups is 1. The zero-order valence-electron chi connectivity index (χ0n) is 13.2. The third-order valence-electron chi connectivity index (χ3n) is 3.07. The molecule has 0 aliphatic carbocycles. The van der Waals surface area contributed by atoms with Gasteiger partial charge in [-0.25, -0.2) is 8.42 Å². The second kappa shape index (κ2) is 7.15. The summed E-state index contributed by atoms with van der Waals surface area (Å²) in [5.74, 6) is 0.303. The fourth-order valence-corrected chi connectivity index (χ4v) is 3.09. The Labute approximate surface area is 142 Å². The zero-order chi connectivity index (χ0) is 17.0. The highest BCUT2D eigenvalue weighted by molar-refractivity contribution is 7.90. The monoisotopic (exact) mass is 350 g/mol. The van der Waals surface area contributed by atoms with Crippen molar-refractivity contribution in [3.05, 3.63) is 64.7 Å². The molecule has 0 radical (unpaired) electrons. The van der Waals surface area contributed by atoms with Crippen LogP contribution < -0.4 is 4.72 Å². The van der Waals surface area contributed by atoms with Crippen molar-refractivity contribution in [2.75, 3.05) is 0 Å². The number of rotatable bonds is 4. The first-order chi connectivity index (χ1) is 10.8. The number of aryl methyl sites for hydroxylation is 1. The maximum atomic E-state index is 12.6. The van der Waals surface area contributed by atoms with E-state index in [-0.39, 0.29) is 10.9 Å². The van der Waals surface area contributed by atoms with Crippen molar-refractivity contribution >= 4 is 27.5 Å². The summed E-state index contributed by atoms with van der Waals surface area (Å²) in [6.45, 7) is 5.68. The molecule has 122 valence electrons. The topological polar surface area (TPSA) is 58.5 Å². The van der Waals surface area contributed by atoms with Gasteiger partial charge in [-0.3, -0.25) is 9.71 Å². The Kier molecular flexibility index (Phi) is 5.44. The summed E-state index contributed by atoms with van der Waals surface area (Å²) in [5.41, 5.74) is 1.66. The summed E-state index contributed by atoms with van der Waals surface area (Å²) >= 11 is 5.89. The SMILES string of the molecule is Cc1ccc(S(=O)(=O)NC(=NC(C)C)c2ccc(Cl)cc2)cc1. The minimum Gasteiger partial charge on any atom is -0.265 e. The predicted octanol–water partition coefficient (Wildman–Crippen LogP) is 3.78. The minimum atomic E-state index is -3.69. The fourth-order valence-electron chi connectivity index (χ4n) is 1.93. The molecule has 4 nitrogen and oxygen atoms in total. The van der Waals surface area contributed by atoms with Crippen molar-refractivity contribution in [2.24, 2.45) is 4.99 Å². The average molecular weight is 351 g/mol.